The molecule has 7 nitrogen and oxygen atoms in total. The number of carbonyl (C=O) groups is 2. The van der Waals surface area contributed by atoms with E-state index in [-0.39, 0.29) is 29.7 Å². The van der Waals surface area contributed by atoms with E-state index in [0.717, 1.165) is 45.2 Å². The van der Waals surface area contributed by atoms with E-state index in [9.17, 15) is 18.0 Å². The number of carbonyl (C=O) groups excluding carboxylic acids is 2. The fraction of sp³-hybridized carbons (Fsp3) is 0.579. The van der Waals surface area contributed by atoms with Crippen LogP contribution in [0.4, 0.5) is 0 Å². The highest BCUT2D eigenvalue weighted by atomic mass is 32.2. The van der Waals surface area contributed by atoms with Gasteiger partial charge in [0.05, 0.1) is 4.90 Å². The predicted molar refractivity (Wildman–Crippen MR) is 102 cm³/mol. The second-order valence-corrected chi connectivity index (χ2v) is 9.02. The maximum atomic E-state index is 12.6. The Hall–Kier alpha value is -1.93. The molecule has 1 N–H and O–H groups in total. The van der Waals surface area contributed by atoms with Crippen molar-refractivity contribution in [2.45, 2.75) is 43.4 Å². The number of piperidine rings is 1. The Morgan fingerprint density at radius 1 is 0.889 bits per heavy atom. The first kappa shape index (κ1) is 19.8. The third-order valence-electron chi connectivity index (χ3n) is 5.15. The molecule has 27 heavy (non-hydrogen) atoms. The fourth-order valence-electron chi connectivity index (χ4n) is 3.54. The summed E-state index contributed by atoms with van der Waals surface area (Å²) in [5.74, 6) is -0.234. The van der Waals surface area contributed by atoms with Crippen LogP contribution in [0.25, 0.3) is 0 Å². The largest absolute Gasteiger partial charge is 0.352 e. The van der Waals surface area contributed by atoms with Gasteiger partial charge in [-0.15, -0.1) is 0 Å². The van der Waals surface area contributed by atoms with Gasteiger partial charge in [-0.25, -0.2) is 8.42 Å². The van der Waals surface area contributed by atoms with Crippen molar-refractivity contribution in [3.63, 3.8) is 0 Å². The molecule has 0 unspecified atom stereocenters. The van der Waals surface area contributed by atoms with E-state index in [4.69, 9.17) is 0 Å². The van der Waals surface area contributed by atoms with Crippen LogP contribution in [0, 0.1) is 0 Å². The number of hydrogen-bond acceptors (Lipinski definition) is 4. The SMILES string of the molecule is O=C(NCCC(=O)N1CCCC1)c1ccc(S(=O)(=O)N2CCCCC2)cc1. The molecule has 2 amide bonds. The molecule has 2 aliphatic heterocycles. The minimum Gasteiger partial charge on any atom is -0.352 e. The smallest absolute Gasteiger partial charge is 0.251 e. The van der Waals surface area contributed by atoms with Crippen LogP contribution in [-0.2, 0) is 14.8 Å². The molecular weight excluding hydrogens is 366 g/mol. The summed E-state index contributed by atoms with van der Waals surface area (Å²) < 4.78 is 26.8. The second-order valence-electron chi connectivity index (χ2n) is 7.08. The van der Waals surface area contributed by atoms with E-state index in [1.807, 2.05) is 4.90 Å². The molecule has 3 rings (SSSR count). The Bertz CT molecular complexity index is 765. The van der Waals surface area contributed by atoms with Gasteiger partial charge in [-0.3, -0.25) is 9.59 Å². The Kier molecular flexibility index (Phi) is 6.49. The van der Waals surface area contributed by atoms with Crippen LogP contribution in [0.3, 0.4) is 0 Å². The number of likely N-dealkylation sites (tertiary alicyclic amines) is 1. The Balaban J connectivity index is 1.53. The van der Waals surface area contributed by atoms with E-state index < -0.39 is 10.0 Å². The first-order valence-electron chi connectivity index (χ1n) is 9.65. The summed E-state index contributed by atoms with van der Waals surface area (Å²) in [6, 6.07) is 6.01. The van der Waals surface area contributed by atoms with Gasteiger partial charge in [0, 0.05) is 44.7 Å². The van der Waals surface area contributed by atoms with E-state index >= 15 is 0 Å². The van der Waals surface area contributed by atoms with Crippen molar-refractivity contribution in [1.82, 2.24) is 14.5 Å². The molecule has 148 valence electrons. The van der Waals surface area contributed by atoms with Gasteiger partial charge in [0.1, 0.15) is 0 Å². The van der Waals surface area contributed by atoms with E-state index in [2.05, 4.69) is 5.32 Å². The van der Waals surface area contributed by atoms with Crippen LogP contribution in [0.1, 0.15) is 48.9 Å². The van der Waals surface area contributed by atoms with Crippen LogP contribution in [0.5, 0.6) is 0 Å². The van der Waals surface area contributed by atoms with Crippen LogP contribution in [0.2, 0.25) is 0 Å². The molecule has 1 aromatic carbocycles. The summed E-state index contributed by atoms with van der Waals surface area (Å²) in [6.07, 6.45) is 5.21. The van der Waals surface area contributed by atoms with Crippen molar-refractivity contribution in [2.24, 2.45) is 0 Å². The van der Waals surface area contributed by atoms with E-state index in [1.165, 1.54) is 28.6 Å². The Morgan fingerprint density at radius 3 is 2.11 bits per heavy atom. The maximum absolute atomic E-state index is 12.6. The van der Waals surface area contributed by atoms with Crippen molar-refractivity contribution in [1.29, 1.82) is 0 Å². The fourth-order valence-corrected chi connectivity index (χ4v) is 5.06. The van der Waals surface area contributed by atoms with Crippen LogP contribution >= 0.6 is 0 Å². The quantitative estimate of drug-likeness (QED) is 0.795. The molecule has 0 saturated carbocycles. The standard InChI is InChI=1S/C19H27N3O4S/c23-18(21-12-4-5-13-21)10-11-20-19(24)16-6-8-17(9-7-16)27(25,26)22-14-2-1-3-15-22/h6-9H,1-5,10-15H2,(H,20,24). The third-order valence-corrected chi connectivity index (χ3v) is 7.07. The predicted octanol–water partition coefficient (Wildman–Crippen LogP) is 1.60. The molecular formula is C19H27N3O4S. The number of nitrogens with one attached hydrogen (secondary N) is 1. The zero-order chi connectivity index (χ0) is 19.3. The number of benzene rings is 1. The topological polar surface area (TPSA) is 86.8 Å². The molecule has 1 aromatic rings. The van der Waals surface area contributed by atoms with E-state index in [0.29, 0.717) is 18.7 Å². The number of hydrogen-bond donors (Lipinski definition) is 1. The molecule has 0 radical (unpaired) electrons. The van der Waals surface area contributed by atoms with Crippen LogP contribution in [-0.4, -0.2) is 62.2 Å². The van der Waals surface area contributed by atoms with Gasteiger partial charge < -0.3 is 10.2 Å². The average Bonchev–Trinajstić information content (AvgIpc) is 3.23. The maximum Gasteiger partial charge on any atom is 0.251 e. The average molecular weight is 394 g/mol. The molecule has 0 bridgehead atoms. The lowest BCUT2D eigenvalue weighted by Gasteiger charge is -2.25. The Labute approximate surface area is 160 Å². The van der Waals surface area contributed by atoms with Gasteiger partial charge in [-0.2, -0.15) is 4.31 Å². The molecule has 0 atom stereocenters. The molecule has 2 fully saturated rings. The van der Waals surface area contributed by atoms with Crippen LogP contribution < -0.4 is 5.32 Å². The number of sulfonamides is 1. The minimum atomic E-state index is -3.49. The zero-order valence-corrected chi connectivity index (χ0v) is 16.3. The number of nitrogens with zero attached hydrogens (tertiary/aromatic N) is 2. The summed E-state index contributed by atoms with van der Waals surface area (Å²) in [5.41, 5.74) is 0.390. The molecule has 0 aliphatic carbocycles. The lowest BCUT2D eigenvalue weighted by atomic mass is 10.2. The van der Waals surface area contributed by atoms with Gasteiger partial charge >= 0.3 is 0 Å². The highest BCUT2D eigenvalue weighted by Gasteiger charge is 2.26. The highest BCUT2D eigenvalue weighted by molar-refractivity contribution is 7.89. The molecule has 8 heteroatoms. The minimum absolute atomic E-state index is 0.0655. The summed E-state index contributed by atoms with van der Waals surface area (Å²) in [7, 11) is -3.49. The van der Waals surface area contributed by atoms with Gasteiger partial charge in [0.2, 0.25) is 15.9 Å². The van der Waals surface area contributed by atoms with E-state index in [1.54, 1.807) is 0 Å². The molecule has 2 saturated heterocycles. The van der Waals surface area contributed by atoms with Gasteiger partial charge in [0.25, 0.3) is 5.91 Å². The normalized spacial score (nSPS) is 18.4. The summed E-state index contributed by atoms with van der Waals surface area (Å²) in [4.78, 5) is 26.2. The van der Waals surface area contributed by atoms with Crippen molar-refractivity contribution >= 4 is 21.8 Å². The van der Waals surface area contributed by atoms with Crippen molar-refractivity contribution in [3.05, 3.63) is 29.8 Å². The molecule has 0 spiro atoms. The first-order valence-corrected chi connectivity index (χ1v) is 11.1. The summed E-state index contributed by atoms with van der Waals surface area (Å²) >= 11 is 0. The molecule has 2 heterocycles. The second kappa shape index (κ2) is 8.84. The van der Waals surface area contributed by atoms with Gasteiger partial charge in [0.15, 0.2) is 0 Å². The van der Waals surface area contributed by atoms with Crippen molar-refractivity contribution < 1.29 is 18.0 Å². The molecule has 0 aromatic heterocycles. The number of amides is 2. The molecule has 2 aliphatic rings. The van der Waals surface area contributed by atoms with Gasteiger partial charge in [-0.05, 0) is 49.9 Å². The third kappa shape index (κ3) is 4.87. The lowest BCUT2D eigenvalue weighted by molar-refractivity contribution is -0.129. The van der Waals surface area contributed by atoms with Crippen LogP contribution in [0.15, 0.2) is 29.2 Å². The van der Waals surface area contributed by atoms with Crippen molar-refractivity contribution in [3.8, 4) is 0 Å². The monoisotopic (exact) mass is 393 g/mol. The number of rotatable bonds is 6. The lowest BCUT2D eigenvalue weighted by Crippen LogP contribution is -2.35. The van der Waals surface area contributed by atoms with Gasteiger partial charge in [-0.1, -0.05) is 6.42 Å². The van der Waals surface area contributed by atoms with Crippen molar-refractivity contribution in [2.75, 3.05) is 32.7 Å². The zero-order valence-electron chi connectivity index (χ0n) is 15.5. The summed E-state index contributed by atoms with van der Waals surface area (Å²) in [6.45, 7) is 2.99. The first-order chi connectivity index (χ1) is 13.0. The Morgan fingerprint density at radius 2 is 1.48 bits per heavy atom. The summed E-state index contributed by atoms with van der Waals surface area (Å²) in [5, 5.41) is 2.73. The highest BCUT2D eigenvalue weighted by Crippen LogP contribution is 2.20.